The number of aromatic nitrogens is 1. The molecule has 0 amide bonds. The smallest absolute Gasteiger partial charge is 0.401 e. The van der Waals surface area contributed by atoms with E-state index in [2.05, 4.69) is 9.72 Å². The summed E-state index contributed by atoms with van der Waals surface area (Å²) in [6.45, 7) is 0. The van der Waals surface area contributed by atoms with Gasteiger partial charge in [-0.3, -0.25) is 0 Å². The fraction of sp³-hybridized carbons (Fsp3) is 0.286. The summed E-state index contributed by atoms with van der Waals surface area (Å²) in [7, 11) is 0. The molecule has 10 heteroatoms. The average Bonchev–Trinajstić information content (AvgIpc) is 2.06. The summed E-state index contributed by atoms with van der Waals surface area (Å²) in [6.07, 6.45) is -10.3. The second kappa shape index (κ2) is 4.21. The molecule has 1 rings (SSSR count). The molecule has 1 heterocycles. The van der Waals surface area contributed by atoms with E-state index >= 15 is 0 Å². The van der Waals surface area contributed by atoms with Crippen LogP contribution in [0, 0.1) is 5.95 Å². The molecule has 2 nitrogen and oxygen atoms in total. The van der Waals surface area contributed by atoms with Crippen LogP contribution in [0.4, 0.5) is 30.7 Å². The SMILES string of the molecule is Fc1nc(C(F)(F)F)c(Cl)cc1OC(F)(F)F. The van der Waals surface area contributed by atoms with Gasteiger partial charge in [0.15, 0.2) is 11.4 Å². The lowest BCUT2D eigenvalue weighted by molar-refractivity contribution is -0.275. The first-order valence-corrected chi connectivity index (χ1v) is 4.07. The number of rotatable bonds is 1. The summed E-state index contributed by atoms with van der Waals surface area (Å²) < 4.78 is 87.4. The van der Waals surface area contributed by atoms with Gasteiger partial charge in [-0.2, -0.15) is 17.6 Å². The highest BCUT2D eigenvalue weighted by Crippen LogP contribution is 2.36. The van der Waals surface area contributed by atoms with Gasteiger partial charge in [0.1, 0.15) is 0 Å². The van der Waals surface area contributed by atoms with Gasteiger partial charge < -0.3 is 4.74 Å². The highest BCUT2D eigenvalue weighted by atomic mass is 35.5. The molecule has 0 bridgehead atoms. The predicted octanol–water partition coefficient (Wildman–Crippen LogP) is 3.79. The predicted molar refractivity (Wildman–Crippen MR) is 40.9 cm³/mol. The van der Waals surface area contributed by atoms with E-state index in [4.69, 9.17) is 11.6 Å². The topological polar surface area (TPSA) is 22.1 Å². The third-order valence-corrected chi connectivity index (χ3v) is 1.68. The summed E-state index contributed by atoms with van der Waals surface area (Å²) in [5, 5.41) is -1.20. The molecule has 0 radical (unpaired) electrons. The van der Waals surface area contributed by atoms with Crippen LogP contribution in [0.25, 0.3) is 0 Å². The molecule has 0 spiro atoms. The fourth-order valence-corrected chi connectivity index (χ4v) is 1.09. The molecule has 0 aliphatic carbocycles. The number of ether oxygens (including phenoxy) is 1. The third-order valence-electron chi connectivity index (χ3n) is 1.39. The van der Waals surface area contributed by atoms with Gasteiger partial charge in [-0.1, -0.05) is 11.6 Å². The lowest BCUT2D eigenvalue weighted by atomic mass is 10.3. The van der Waals surface area contributed by atoms with Gasteiger partial charge in [0, 0.05) is 6.07 Å². The zero-order valence-corrected chi connectivity index (χ0v) is 8.21. The van der Waals surface area contributed by atoms with Gasteiger partial charge >= 0.3 is 12.5 Å². The monoisotopic (exact) mass is 283 g/mol. The number of pyridine rings is 1. The maximum absolute atomic E-state index is 12.8. The minimum atomic E-state index is -5.26. The first-order chi connectivity index (χ1) is 7.50. The van der Waals surface area contributed by atoms with Crippen molar-refractivity contribution in [3.63, 3.8) is 0 Å². The lowest BCUT2D eigenvalue weighted by Gasteiger charge is -2.12. The molecule has 0 fully saturated rings. The zero-order chi connectivity index (χ0) is 13.4. The number of halogens is 8. The second-order valence-corrected chi connectivity index (χ2v) is 3.06. The molecule has 1 aromatic rings. The van der Waals surface area contributed by atoms with E-state index in [1.54, 1.807) is 0 Å². The quantitative estimate of drug-likeness (QED) is 0.578. The Morgan fingerprint density at radius 2 is 1.65 bits per heavy atom. The molecule has 0 aromatic carbocycles. The van der Waals surface area contributed by atoms with Crippen LogP contribution in [0.15, 0.2) is 6.07 Å². The average molecular weight is 284 g/mol. The van der Waals surface area contributed by atoms with Gasteiger partial charge in [0.2, 0.25) is 0 Å². The minimum Gasteiger partial charge on any atom is -0.401 e. The van der Waals surface area contributed by atoms with Crippen molar-refractivity contribution in [3.8, 4) is 5.75 Å². The number of hydrogen-bond acceptors (Lipinski definition) is 2. The van der Waals surface area contributed by atoms with Gasteiger partial charge in [-0.05, 0) is 0 Å². The first-order valence-electron chi connectivity index (χ1n) is 3.69. The van der Waals surface area contributed by atoms with Crippen molar-refractivity contribution in [2.24, 2.45) is 0 Å². The van der Waals surface area contributed by atoms with Crippen LogP contribution in [-0.4, -0.2) is 11.3 Å². The lowest BCUT2D eigenvalue weighted by Crippen LogP contribution is -2.19. The van der Waals surface area contributed by atoms with Gasteiger partial charge in [-0.15, -0.1) is 13.2 Å². The van der Waals surface area contributed by atoms with Crippen LogP contribution in [0.2, 0.25) is 5.02 Å². The maximum Gasteiger partial charge on any atom is 0.573 e. The van der Waals surface area contributed by atoms with E-state index in [9.17, 15) is 30.7 Å². The van der Waals surface area contributed by atoms with Crippen molar-refractivity contribution in [1.29, 1.82) is 0 Å². The highest BCUT2D eigenvalue weighted by Gasteiger charge is 2.38. The molecular weight excluding hydrogens is 283 g/mol. The van der Waals surface area contributed by atoms with Crippen molar-refractivity contribution in [3.05, 3.63) is 22.7 Å². The number of alkyl halides is 6. The van der Waals surface area contributed by atoms with Gasteiger partial charge in [-0.25, -0.2) is 4.98 Å². The molecule has 0 saturated heterocycles. The van der Waals surface area contributed by atoms with Crippen LogP contribution >= 0.6 is 11.6 Å². The van der Waals surface area contributed by atoms with Gasteiger partial charge in [0.25, 0.3) is 5.95 Å². The normalized spacial score (nSPS) is 12.7. The number of nitrogens with zero attached hydrogens (tertiary/aromatic N) is 1. The van der Waals surface area contributed by atoms with Crippen molar-refractivity contribution in [1.82, 2.24) is 4.98 Å². The van der Waals surface area contributed by atoms with E-state index in [1.807, 2.05) is 0 Å². The van der Waals surface area contributed by atoms with Crippen LogP contribution < -0.4 is 4.74 Å². The molecule has 1 aromatic heterocycles. The molecule has 0 aliphatic heterocycles. The Balaban J connectivity index is 3.19. The minimum absolute atomic E-state index is 0.0558. The summed E-state index contributed by atoms with van der Waals surface area (Å²) >= 11 is 5.02. The Morgan fingerprint density at radius 3 is 2.06 bits per heavy atom. The summed E-state index contributed by atoms with van der Waals surface area (Å²) in [4.78, 5) is 2.28. The van der Waals surface area contributed by atoms with Crippen LogP contribution in [0.3, 0.4) is 0 Å². The Labute approximate surface area is 94.0 Å². The molecule has 96 valence electrons. The molecule has 0 saturated carbocycles. The van der Waals surface area contributed by atoms with Crippen molar-refractivity contribution < 1.29 is 35.5 Å². The Kier molecular flexibility index (Phi) is 3.42. The van der Waals surface area contributed by atoms with E-state index in [1.165, 1.54) is 0 Å². The molecule has 17 heavy (non-hydrogen) atoms. The summed E-state index contributed by atoms with van der Waals surface area (Å²) in [5.74, 6) is -3.59. The van der Waals surface area contributed by atoms with Crippen LogP contribution in [0.5, 0.6) is 5.75 Å². The summed E-state index contributed by atoms with van der Waals surface area (Å²) in [6, 6.07) is 0.0558. The van der Waals surface area contributed by atoms with Crippen molar-refractivity contribution in [2.75, 3.05) is 0 Å². The molecule has 0 atom stereocenters. The molecular formula is C7HClF7NO. The standard InChI is InChI=1S/C7HClF7NO/c8-2-1-3(17-7(13,14)15)5(9)16-4(2)6(10,11)12/h1H. The van der Waals surface area contributed by atoms with E-state index < -0.39 is 35.0 Å². The number of hydrogen-bond donors (Lipinski definition) is 0. The maximum atomic E-state index is 12.8. The van der Waals surface area contributed by atoms with E-state index in [0.717, 1.165) is 0 Å². The second-order valence-electron chi connectivity index (χ2n) is 2.65. The summed E-state index contributed by atoms with van der Waals surface area (Å²) in [5.41, 5.74) is -1.83. The van der Waals surface area contributed by atoms with Crippen LogP contribution in [-0.2, 0) is 6.18 Å². The first kappa shape index (κ1) is 13.8. The highest BCUT2D eigenvalue weighted by molar-refractivity contribution is 6.31. The fourth-order valence-electron chi connectivity index (χ4n) is 0.845. The third kappa shape index (κ3) is 3.62. The zero-order valence-electron chi connectivity index (χ0n) is 7.46. The Morgan fingerprint density at radius 1 is 1.12 bits per heavy atom. The molecule has 0 aliphatic rings. The van der Waals surface area contributed by atoms with Crippen molar-refractivity contribution in [2.45, 2.75) is 12.5 Å². The Hall–Kier alpha value is -1.25. The Bertz CT molecular complexity index is 427. The largest absolute Gasteiger partial charge is 0.573 e. The van der Waals surface area contributed by atoms with E-state index in [0.29, 0.717) is 0 Å². The van der Waals surface area contributed by atoms with Crippen molar-refractivity contribution >= 4 is 11.6 Å². The van der Waals surface area contributed by atoms with E-state index in [-0.39, 0.29) is 6.07 Å². The van der Waals surface area contributed by atoms with Crippen LogP contribution in [0.1, 0.15) is 5.69 Å². The molecule has 0 unspecified atom stereocenters. The van der Waals surface area contributed by atoms with Gasteiger partial charge in [0.05, 0.1) is 5.02 Å². The molecule has 0 N–H and O–H groups in total.